The quantitative estimate of drug-likeness (QED) is 0.792. The molecule has 0 aromatic heterocycles. The summed E-state index contributed by atoms with van der Waals surface area (Å²) in [4.78, 5) is 10.8. The predicted octanol–water partition coefficient (Wildman–Crippen LogP) is 2.04. The Kier molecular flexibility index (Phi) is 5.64. The van der Waals surface area contributed by atoms with Gasteiger partial charge in [-0.1, -0.05) is 25.8 Å². The highest BCUT2D eigenvalue weighted by Crippen LogP contribution is 2.31. The highest BCUT2D eigenvalue weighted by atomic mass is 32.2. The fraction of sp³-hybridized carbons (Fsp3) is 0.562. The Morgan fingerprint density at radius 2 is 2.13 bits per heavy atom. The molecule has 1 aliphatic rings. The van der Waals surface area contributed by atoms with Crippen molar-refractivity contribution in [1.29, 1.82) is 0 Å². The minimum absolute atomic E-state index is 0.00981. The normalized spacial score (nSPS) is 21.3. The molecule has 2 N–H and O–H groups in total. The first-order valence-corrected chi connectivity index (χ1v) is 9.20. The molecule has 2 unspecified atom stereocenters. The minimum Gasteiger partial charge on any atom is -0.495 e. The second-order valence-corrected chi connectivity index (χ2v) is 7.81. The fourth-order valence-corrected chi connectivity index (χ4v) is 4.35. The second-order valence-electron chi connectivity index (χ2n) is 6.08. The summed E-state index contributed by atoms with van der Waals surface area (Å²) in [7, 11) is -2.35. The highest BCUT2D eigenvalue weighted by Gasteiger charge is 2.27. The lowest BCUT2D eigenvalue weighted by molar-refractivity contribution is -0.136. The molecule has 1 fully saturated rings. The van der Waals surface area contributed by atoms with Gasteiger partial charge in [-0.05, 0) is 36.0 Å². The van der Waals surface area contributed by atoms with E-state index in [0.717, 1.165) is 19.3 Å². The number of hydrogen-bond donors (Lipinski definition) is 2. The van der Waals surface area contributed by atoms with Crippen molar-refractivity contribution in [3.8, 4) is 5.75 Å². The molecule has 1 saturated carbocycles. The van der Waals surface area contributed by atoms with Crippen molar-refractivity contribution in [2.24, 2.45) is 11.8 Å². The van der Waals surface area contributed by atoms with Gasteiger partial charge in [0, 0.05) is 6.54 Å². The van der Waals surface area contributed by atoms with E-state index < -0.39 is 16.0 Å². The maximum atomic E-state index is 12.6. The van der Waals surface area contributed by atoms with Gasteiger partial charge in [0.25, 0.3) is 0 Å². The minimum atomic E-state index is -3.74. The fourth-order valence-electron chi connectivity index (χ4n) is 3.04. The summed E-state index contributed by atoms with van der Waals surface area (Å²) in [5, 5.41) is 8.87. The Balaban J connectivity index is 2.20. The van der Waals surface area contributed by atoms with E-state index in [1.165, 1.54) is 19.2 Å². The SMILES string of the molecule is COc1ccc(CC(=O)O)cc1S(=O)(=O)NCC1CCCC1C. The van der Waals surface area contributed by atoms with E-state index in [-0.39, 0.29) is 17.1 Å². The van der Waals surface area contributed by atoms with Crippen LogP contribution in [-0.4, -0.2) is 33.1 Å². The predicted molar refractivity (Wildman–Crippen MR) is 86.0 cm³/mol. The summed E-state index contributed by atoms with van der Waals surface area (Å²) in [6, 6.07) is 4.42. The van der Waals surface area contributed by atoms with Gasteiger partial charge in [-0.15, -0.1) is 0 Å². The zero-order valence-electron chi connectivity index (χ0n) is 13.4. The molecule has 7 heteroatoms. The molecule has 23 heavy (non-hydrogen) atoms. The van der Waals surface area contributed by atoms with Crippen LogP contribution in [0, 0.1) is 11.8 Å². The van der Waals surface area contributed by atoms with Crippen LogP contribution in [0.4, 0.5) is 0 Å². The Hall–Kier alpha value is -1.60. The number of aliphatic carboxylic acids is 1. The smallest absolute Gasteiger partial charge is 0.307 e. The van der Waals surface area contributed by atoms with Crippen molar-refractivity contribution in [1.82, 2.24) is 4.72 Å². The number of nitrogens with one attached hydrogen (secondary N) is 1. The first-order chi connectivity index (χ1) is 10.8. The van der Waals surface area contributed by atoms with E-state index >= 15 is 0 Å². The molecule has 0 amide bonds. The highest BCUT2D eigenvalue weighted by molar-refractivity contribution is 7.89. The van der Waals surface area contributed by atoms with Gasteiger partial charge in [0.1, 0.15) is 10.6 Å². The number of methoxy groups -OCH3 is 1. The molecule has 128 valence electrons. The van der Waals surface area contributed by atoms with Crippen molar-refractivity contribution >= 4 is 16.0 Å². The third-order valence-corrected chi connectivity index (χ3v) is 5.89. The van der Waals surface area contributed by atoms with Crippen LogP contribution < -0.4 is 9.46 Å². The number of ether oxygens (including phenoxy) is 1. The van der Waals surface area contributed by atoms with Crippen LogP contribution in [-0.2, 0) is 21.2 Å². The third kappa shape index (κ3) is 4.45. The Labute approximate surface area is 136 Å². The molecule has 2 atom stereocenters. The molecule has 6 nitrogen and oxygen atoms in total. The molecule has 1 aliphatic carbocycles. The van der Waals surface area contributed by atoms with Crippen LogP contribution in [0.25, 0.3) is 0 Å². The van der Waals surface area contributed by atoms with Gasteiger partial charge in [0.05, 0.1) is 13.5 Å². The van der Waals surface area contributed by atoms with Crippen molar-refractivity contribution in [3.63, 3.8) is 0 Å². The molecule has 0 saturated heterocycles. The number of hydrogen-bond acceptors (Lipinski definition) is 4. The maximum absolute atomic E-state index is 12.6. The Bertz CT molecular complexity index is 671. The van der Waals surface area contributed by atoms with E-state index in [1.54, 1.807) is 6.07 Å². The van der Waals surface area contributed by atoms with Crippen molar-refractivity contribution in [3.05, 3.63) is 23.8 Å². The Morgan fingerprint density at radius 3 is 2.70 bits per heavy atom. The lowest BCUT2D eigenvalue weighted by atomic mass is 9.99. The van der Waals surface area contributed by atoms with Gasteiger partial charge in [-0.25, -0.2) is 13.1 Å². The second kappa shape index (κ2) is 7.31. The molecule has 2 rings (SSSR count). The lowest BCUT2D eigenvalue weighted by Crippen LogP contribution is -2.30. The van der Waals surface area contributed by atoms with E-state index in [1.807, 2.05) is 0 Å². The summed E-state index contributed by atoms with van der Waals surface area (Å²) >= 11 is 0. The van der Waals surface area contributed by atoms with E-state index in [0.29, 0.717) is 23.9 Å². The van der Waals surface area contributed by atoms with Crippen molar-refractivity contribution in [2.75, 3.05) is 13.7 Å². The van der Waals surface area contributed by atoms with Gasteiger partial charge < -0.3 is 9.84 Å². The van der Waals surface area contributed by atoms with Crippen LogP contribution in [0.2, 0.25) is 0 Å². The van der Waals surface area contributed by atoms with Crippen LogP contribution in [0.3, 0.4) is 0 Å². The summed E-state index contributed by atoms with van der Waals surface area (Å²) in [5.41, 5.74) is 0.424. The molecule has 0 bridgehead atoms. The molecule has 0 heterocycles. The molecule has 1 aromatic carbocycles. The zero-order chi connectivity index (χ0) is 17.0. The average Bonchev–Trinajstić information content (AvgIpc) is 2.90. The number of carbonyl (C=O) groups is 1. The molecule has 0 radical (unpaired) electrons. The summed E-state index contributed by atoms with van der Waals surface area (Å²) in [6.45, 7) is 2.54. The van der Waals surface area contributed by atoms with Crippen LogP contribution in [0.15, 0.2) is 23.1 Å². The molecular weight excluding hydrogens is 318 g/mol. The summed E-state index contributed by atoms with van der Waals surface area (Å²) < 4.78 is 32.9. The topological polar surface area (TPSA) is 92.7 Å². The van der Waals surface area contributed by atoms with Gasteiger partial charge in [-0.2, -0.15) is 0 Å². The van der Waals surface area contributed by atoms with Gasteiger partial charge in [0.2, 0.25) is 10.0 Å². The molecule has 0 aliphatic heterocycles. The van der Waals surface area contributed by atoms with Crippen molar-refractivity contribution in [2.45, 2.75) is 37.5 Å². The number of carboxylic acids is 1. The van der Waals surface area contributed by atoms with Gasteiger partial charge in [-0.3, -0.25) is 4.79 Å². The standard InChI is InChI=1S/C16H23NO5S/c1-11-4-3-5-13(11)10-17-23(20,21)15-8-12(9-16(18)19)6-7-14(15)22-2/h6-8,11,13,17H,3-5,9-10H2,1-2H3,(H,18,19). The van der Waals surface area contributed by atoms with Crippen molar-refractivity contribution < 1.29 is 23.1 Å². The van der Waals surface area contributed by atoms with Gasteiger partial charge in [0.15, 0.2) is 0 Å². The molecular formula is C16H23NO5S. The summed E-state index contributed by atoms with van der Waals surface area (Å²) in [6.07, 6.45) is 3.06. The van der Waals surface area contributed by atoms with E-state index in [2.05, 4.69) is 11.6 Å². The molecule has 0 spiro atoms. The van der Waals surface area contributed by atoms with Crippen LogP contribution >= 0.6 is 0 Å². The largest absolute Gasteiger partial charge is 0.495 e. The molecule has 1 aromatic rings. The van der Waals surface area contributed by atoms with Gasteiger partial charge >= 0.3 is 5.97 Å². The maximum Gasteiger partial charge on any atom is 0.307 e. The zero-order valence-corrected chi connectivity index (χ0v) is 14.2. The van der Waals surface area contributed by atoms with E-state index in [4.69, 9.17) is 9.84 Å². The third-order valence-electron chi connectivity index (χ3n) is 4.45. The number of carboxylic acid groups (broad SMARTS) is 1. The van der Waals surface area contributed by atoms with Crippen LogP contribution in [0.5, 0.6) is 5.75 Å². The number of rotatable bonds is 7. The van der Waals surface area contributed by atoms with E-state index in [9.17, 15) is 13.2 Å². The first-order valence-electron chi connectivity index (χ1n) is 7.72. The lowest BCUT2D eigenvalue weighted by Gasteiger charge is -2.17. The number of sulfonamides is 1. The number of benzene rings is 1. The Morgan fingerprint density at radius 1 is 1.39 bits per heavy atom. The summed E-state index contributed by atoms with van der Waals surface area (Å²) in [5.74, 6) is 0.0632. The monoisotopic (exact) mass is 341 g/mol. The average molecular weight is 341 g/mol. The van der Waals surface area contributed by atoms with Crippen LogP contribution in [0.1, 0.15) is 31.7 Å². The first kappa shape index (κ1) is 17.7.